The van der Waals surface area contributed by atoms with Gasteiger partial charge in [0.1, 0.15) is 21.6 Å². The molecule has 0 saturated carbocycles. The molecule has 2 aromatic carbocycles. The summed E-state index contributed by atoms with van der Waals surface area (Å²) < 4.78 is 7.06. The van der Waals surface area contributed by atoms with Crippen LogP contribution in [0.3, 0.4) is 0 Å². The molecular weight excluding hydrogens is 500 g/mol. The van der Waals surface area contributed by atoms with Crippen molar-refractivity contribution in [2.24, 2.45) is 5.10 Å². The molecule has 4 aromatic heterocycles. The number of rotatable bonds is 4. The van der Waals surface area contributed by atoms with Gasteiger partial charge in [-0.3, -0.25) is 4.79 Å². The Morgan fingerprint density at radius 2 is 1.92 bits per heavy atom. The smallest absolute Gasteiger partial charge is 0.291 e. The molecule has 0 N–H and O–H groups in total. The third kappa shape index (κ3) is 3.60. The molecule has 6 aromatic rings. The minimum Gasteiger partial charge on any atom is -0.497 e. The molecular formula is C29H20N4O2S2. The van der Waals surface area contributed by atoms with E-state index >= 15 is 0 Å². The van der Waals surface area contributed by atoms with Crippen molar-refractivity contribution in [3.05, 3.63) is 99.4 Å². The predicted octanol–water partition coefficient (Wildman–Crippen LogP) is 6.39. The van der Waals surface area contributed by atoms with E-state index in [2.05, 4.69) is 46.9 Å². The molecule has 8 heteroatoms. The van der Waals surface area contributed by atoms with Crippen molar-refractivity contribution < 1.29 is 4.74 Å². The molecule has 1 aliphatic carbocycles. The minimum absolute atomic E-state index is 0.201. The van der Waals surface area contributed by atoms with Crippen molar-refractivity contribution in [3.63, 3.8) is 0 Å². The van der Waals surface area contributed by atoms with Gasteiger partial charge in [0.25, 0.3) is 5.56 Å². The summed E-state index contributed by atoms with van der Waals surface area (Å²) >= 11 is 3.10. The third-order valence-electron chi connectivity index (χ3n) is 6.75. The van der Waals surface area contributed by atoms with Crippen LogP contribution in [0.1, 0.15) is 16.7 Å². The van der Waals surface area contributed by atoms with Crippen LogP contribution in [0.25, 0.3) is 42.1 Å². The fourth-order valence-corrected chi connectivity index (χ4v) is 6.85. The fourth-order valence-electron chi connectivity index (χ4n) is 4.98. The number of aromatic nitrogens is 3. The molecule has 7 rings (SSSR count). The molecule has 0 fully saturated rings. The number of methoxy groups -OCH3 is 1. The van der Waals surface area contributed by atoms with Gasteiger partial charge in [-0.1, -0.05) is 30.3 Å². The number of hydrogen-bond donors (Lipinski definition) is 0. The zero-order chi connectivity index (χ0) is 24.9. The average Bonchev–Trinajstić information content (AvgIpc) is 3.60. The monoisotopic (exact) mass is 520 g/mol. The Kier molecular flexibility index (Phi) is 5.23. The van der Waals surface area contributed by atoms with Crippen LogP contribution in [0, 0.1) is 0 Å². The van der Waals surface area contributed by atoms with E-state index in [4.69, 9.17) is 14.7 Å². The molecule has 0 amide bonds. The van der Waals surface area contributed by atoms with Crippen LogP contribution in [-0.2, 0) is 12.8 Å². The number of fused-ring (bicyclic) bond motifs is 6. The summed E-state index contributed by atoms with van der Waals surface area (Å²) in [5, 5.41) is 7.45. The van der Waals surface area contributed by atoms with Gasteiger partial charge >= 0.3 is 0 Å². The summed E-state index contributed by atoms with van der Waals surface area (Å²) in [6.07, 6.45) is 5.02. The fraction of sp³-hybridized carbons (Fsp3) is 0.103. The molecule has 0 spiro atoms. The average molecular weight is 521 g/mol. The van der Waals surface area contributed by atoms with Gasteiger partial charge in [-0.2, -0.15) is 9.78 Å². The summed E-state index contributed by atoms with van der Waals surface area (Å²) in [5.41, 5.74) is 7.24. The van der Waals surface area contributed by atoms with E-state index in [-0.39, 0.29) is 5.56 Å². The predicted molar refractivity (Wildman–Crippen MR) is 151 cm³/mol. The molecule has 0 aliphatic heterocycles. The molecule has 0 radical (unpaired) electrons. The summed E-state index contributed by atoms with van der Waals surface area (Å²) in [7, 11) is 1.63. The Bertz CT molecular complexity index is 1880. The highest BCUT2D eigenvalue weighted by Gasteiger charge is 2.26. The number of pyridine rings is 1. The molecule has 0 bridgehead atoms. The molecule has 1 aliphatic rings. The van der Waals surface area contributed by atoms with E-state index in [1.54, 1.807) is 24.7 Å². The van der Waals surface area contributed by atoms with Crippen molar-refractivity contribution in [1.82, 2.24) is 14.6 Å². The first kappa shape index (κ1) is 22.1. The van der Waals surface area contributed by atoms with Crippen molar-refractivity contribution in [3.8, 4) is 27.4 Å². The lowest BCUT2D eigenvalue weighted by Gasteiger charge is -2.22. The van der Waals surface area contributed by atoms with Gasteiger partial charge in [-0.05, 0) is 65.2 Å². The molecule has 0 saturated heterocycles. The van der Waals surface area contributed by atoms with E-state index in [0.29, 0.717) is 10.2 Å². The summed E-state index contributed by atoms with van der Waals surface area (Å²) in [6, 6.07) is 20.2. The highest BCUT2D eigenvalue weighted by molar-refractivity contribution is 7.25. The topological polar surface area (TPSA) is 69.4 Å². The second-order valence-corrected chi connectivity index (χ2v) is 10.8. The molecule has 180 valence electrons. The van der Waals surface area contributed by atoms with Crippen LogP contribution in [0.2, 0.25) is 0 Å². The van der Waals surface area contributed by atoms with Gasteiger partial charge in [0.2, 0.25) is 0 Å². The Morgan fingerprint density at radius 1 is 1.05 bits per heavy atom. The lowest BCUT2D eigenvalue weighted by molar-refractivity contribution is 0.415. The van der Waals surface area contributed by atoms with Crippen molar-refractivity contribution in [1.29, 1.82) is 0 Å². The first-order valence-electron chi connectivity index (χ1n) is 11.9. The second-order valence-electron chi connectivity index (χ2n) is 8.82. The molecule has 0 unspecified atom stereocenters. The highest BCUT2D eigenvalue weighted by Crippen LogP contribution is 2.46. The van der Waals surface area contributed by atoms with E-state index in [9.17, 15) is 4.79 Å². The van der Waals surface area contributed by atoms with Gasteiger partial charge in [0.05, 0.1) is 24.5 Å². The molecule has 4 heterocycles. The number of benzene rings is 2. The van der Waals surface area contributed by atoms with E-state index in [1.807, 2.05) is 24.3 Å². The zero-order valence-electron chi connectivity index (χ0n) is 19.8. The largest absolute Gasteiger partial charge is 0.497 e. The number of thiophene rings is 2. The number of nitrogens with zero attached hydrogens (tertiary/aromatic N) is 4. The summed E-state index contributed by atoms with van der Waals surface area (Å²) in [5.74, 6) is 0.766. The summed E-state index contributed by atoms with van der Waals surface area (Å²) in [6.45, 7) is 0. The molecule has 0 atom stereocenters. The van der Waals surface area contributed by atoms with Crippen LogP contribution >= 0.6 is 22.7 Å². The lowest BCUT2D eigenvalue weighted by Crippen LogP contribution is -2.15. The van der Waals surface area contributed by atoms with Gasteiger partial charge in [-0.15, -0.1) is 22.7 Å². The number of hydrogen-bond acceptors (Lipinski definition) is 7. The highest BCUT2D eigenvalue weighted by atomic mass is 32.1. The van der Waals surface area contributed by atoms with Gasteiger partial charge in [-0.25, -0.2) is 9.97 Å². The van der Waals surface area contributed by atoms with Crippen molar-refractivity contribution in [2.75, 3.05) is 7.11 Å². The van der Waals surface area contributed by atoms with Crippen molar-refractivity contribution in [2.45, 2.75) is 12.8 Å². The Morgan fingerprint density at radius 3 is 2.73 bits per heavy atom. The first-order chi connectivity index (χ1) is 18.2. The van der Waals surface area contributed by atoms with Crippen LogP contribution in [0.15, 0.2) is 82.3 Å². The van der Waals surface area contributed by atoms with Crippen LogP contribution in [-0.4, -0.2) is 28.0 Å². The Balaban J connectivity index is 1.44. The number of aryl methyl sites for hydroxylation is 1. The summed E-state index contributed by atoms with van der Waals surface area (Å²) in [4.78, 5) is 25.4. The Hall–Kier alpha value is -4.14. The Labute approximate surface area is 220 Å². The maximum Gasteiger partial charge on any atom is 0.291 e. The van der Waals surface area contributed by atoms with Crippen molar-refractivity contribution >= 4 is 49.3 Å². The van der Waals surface area contributed by atoms with Crippen LogP contribution < -0.4 is 10.3 Å². The quantitative estimate of drug-likeness (QED) is 0.253. The first-order valence-corrected chi connectivity index (χ1v) is 13.6. The van der Waals surface area contributed by atoms with Gasteiger partial charge in [0, 0.05) is 21.4 Å². The SMILES string of the molecule is COc1ccc(/C=N/n2cnc3c(sc4nc5c(c(-c6cccs6)c43)CCc3ccccc3-5)c2=O)cc1. The normalized spacial score (nSPS) is 12.8. The maximum atomic E-state index is 13.5. The molecule has 37 heavy (non-hydrogen) atoms. The zero-order valence-corrected chi connectivity index (χ0v) is 21.5. The van der Waals surface area contributed by atoms with E-state index in [1.165, 1.54) is 43.9 Å². The van der Waals surface area contributed by atoms with Gasteiger partial charge < -0.3 is 4.74 Å². The lowest BCUT2D eigenvalue weighted by atomic mass is 9.85. The van der Waals surface area contributed by atoms with Crippen LogP contribution in [0.5, 0.6) is 5.75 Å². The third-order valence-corrected chi connectivity index (χ3v) is 8.69. The number of ether oxygens (including phenoxy) is 1. The van der Waals surface area contributed by atoms with Gasteiger partial charge in [0.15, 0.2) is 0 Å². The van der Waals surface area contributed by atoms with E-state index < -0.39 is 0 Å². The van der Waals surface area contributed by atoms with E-state index in [0.717, 1.165) is 45.6 Å². The van der Waals surface area contributed by atoms with Crippen LogP contribution in [0.4, 0.5) is 0 Å². The second kappa shape index (κ2) is 8.76. The maximum absolute atomic E-state index is 13.5. The minimum atomic E-state index is -0.201. The standard InChI is InChI=1S/C29H20N4O2S2/c1-35-19-11-8-17(9-12-19)15-31-33-16-30-26-24-23(22-7-4-14-36-22)21-13-10-18-5-2-3-6-20(18)25(21)32-28(24)37-27(26)29(33)34/h2-9,11-12,14-16H,10,13H2,1H3/b31-15+. The molecule has 6 nitrogen and oxygen atoms in total.